The van der Waals surface area contributed by atoms with Gasteiger partial charge >= 0.3 is 412 Å². The van der Waals surface area contributed by atoms with Crippen LogP contribution in [0.5, 0.6) is 0 Å². The van der Waals surface area contributed by atoms with Gasteiger partial charge in [0.15, 0.2) is 0 Å². The zero-order valence-corrected chi connectivity index (χ0v) is 49.2. The van der Waals surface area contributed by atoms with Gasteiger partial charge in [-0.2, -0.15) is 0 Å². The molecule has 2 aliphatic rings. The predicted molar refractivity (Wildman–Crippen MR) is 304 cm³/mol. The van der Waals surface area contributed by atoms with E-state index in [1.165, 1.54) is 108 Å². The molecule has 0 fully saturated rings. The van der Waals surface area contributed by atoms with Gasteiger partial charge in [-0.15, -0.1) is 24.8 Å². The van der Waals surface area contributed by atoms with Gasteiger partial charge < -0.3 is 0 Å². The first-order valence-corrected chi connectivity index (χ1v) is 31.6. The van der Waals surface area contributed by atoms with E-state index in [0.29, 0.717) is 0 Å². The number of fused-ring (bicyclic) bond motifs is 3. The van der Waals surface area contributed by atoms with Crippen molar-refractivity contribution >= 4 is 62.0 Å². The van der Waals surface area contributed by atoms with Gasteiger partial charge in [0.1, 0.15) is 0 Å². The normalized spacial score (nSPS) is 15.0. The average molecular weight is 1060 g/mol. The summed E-state index contributed by atoms with van der Waals surface area (Å²) in [6, 6.07) is 35.2. The Bertz CT molecular complexity index is 3000. The van der Waals surface area contributed by atoms with Gasteiger partial charge in [-0.25, -0.2) is 0 Å². The van der Waals surface area contributed by atoms with Crippen LogP contribution in [0.4, 0.5) is 0 Å². The van der Waals surface area contributed by atoms with Crippen LogP contribution in [0.1, 0.15) is 131 Å². The summed E-state index contributed by atoms with van der Waals surface area (Å²) >= 11 is 8.26. The average Bonchev–Trinajstić information content (AvgIpc) is 3.82. The summed E-state index contributed by atoms with van der Waals surface area (Å²) in [5.74, 6) is 0.186. The molecule has 0 N–H and O–H groups in total. The topological polar surface area (TPSA) is 0 Å². The molecule has 0 bridgehead atoms. The van der Waals surface area contributed by atoms with Gasteiger partial charge in [0.25, 0.3) is 0 Å². The van der Waals surface area contributed by atoms with Crippen molar-refractivity contribution in [3.8, 4) is 33.4 Å². The molecule has 0 spiro atoms. The standard InChI is InChI=1S/C39H45.C11H17.2C6H4Cl.CH2.2ClH.Zr/c1-22-13-24(3)36(25(4)14-22)32-18-28-17-29-19-33(37-26(5)15-23(2)16-27(37)6)35(39(10,11)12)21-31(29)30(28)20-34(32)38(7,8)9;1-5-9-6-7-10(8-9)11(2,3)4;2*7-6-4-2-1-3-5-6;;;;/h13-16,18,20-21H,17H2,1-12H3;7-9H,5H2,1-4H3;2*2-5H;1H2;2*1H;. The number of hydrogen-bond acceptors (Lipinski definition) is 0. The van der Waals surface area contributed by atoms with Crippen LogP contribution in [0.2, 0.25) is 10.0 Å². The number of benzene rings is 6. The van der Waals surface area contributed by atoms with Crippen molar-refractivity contribution in [1.82, 2.24) is 0 Å². The maximum absolute atomic E-state index is 6.95. The van der Waals surface area contributed by atoms with Crippen molar-refractivity contribution in [2.24, 2.45) is 11.3 Å². The first-order valence-electron chi connectivity index (χ1n) is 24.2. The molecule has 0 saturated carbocycles. The molecule has 0 heterocycles. The third-order valence-electron chi connectivity index (χ3n) is 15.4. The molecule has 0 aromatic heterocycles. The summed E-state index contributed by atoms with van der Waals surface area (Å²) in [6.45, 7) is 37.6. The summed E-state index contributed by atoms with van der Waals surface area (Å²) in [4.78, 5) is 0. The summed E-state index contributed by atoms with van der Waals surface area (Å²) in [6.07, 6.45) is 7.01. The van der Waals surface area contributed by atoms with Gasteiger partial charge in [-0.3, -0.25) is 0 Å². The van der Waals surface area contributed by atoms with Gasteiger partial charge in [0, 0.05) is 0 Å². The van der Waals surface area contributed by atoms with E-state index in [-0.39, 0.29) is 47.0 Å². The zero-order chi connectivity index (χ0) is 48.2. The number of hydrogen-bond donors (Lipinski definition) is 0. The van der Waals surface area contributed by atoms with Crippen molar-refractivity contribution in [3.05, 3.63) is 178 Å². The van der Waals surface area contributed by atoms with Gasteiger partial charge in [0.2, 0.25) is 0 Å². The first-order chi connectivity index (χ1) is 30.7. The van der Waals surface area contributed by atoms with Crippen LogP contribution in [0, 0.1) is 52.9 Å². The van der Waals surface area contributed by atoms with E-state index in [1.807, 2.05) is 0 Å². The first kappa shape index (κ1) is 54.1. The monoisotopic (exact) mass is 1060 g/mol. The molecule has 0 aliphatic heterocycles. The van der Waals surface area contributed by atoms with E-state index in [1.54, 1.807) is 0 Å². The molecular formula is C63H74Cl4Zr. The van der Waals surface area contributed by atoms with E-state index in [9.17, 15) is 0 Å². The van der Waals surface area contributed by atoms with Crippen LogP contribution < -0.4 is 9.81 Å². The molecule has 0 nitrogen and oxygen atoms in total. The summed E-state index contributed by atoms with van der Waals surface area (Å²) < 4.78 is 11.7. The molecule has 1 unspecified atom stereocenters. The molecule has 0 saturated heterocycles. The Morgan fingerprint density at radius 1 is 0.544 bits per heavy atom. The van der Waals surface area contributed by atoms with E-state index in [0.717, 1.165) is 22.9 Å². The van der Waals surface area contributed by atoms with Gasteiger partial charge in [-0.1, -0.05) is 0 Å². The Labute approximate surface area is 433 Å². The summed E-state index contributed by atoms with van der Waals surface area (Å²) in [5.41, 5.74) is 22.5. The second-order valence-corrected chi connectivity index (χ2v) is 37.0. The minimum absolute atomic E-state index is 0. The Balaban J connectivity index is 0.00000381. The Morgan fingerprint density at radius 3 is 1.41 bits per heavy atom. The van der Waals surface area contributed by atoms with E-state index in [4.69, 9.17) is 27.4 Å². The van der Waals surface area contributed by atoms with Crippen molar-refractivity contribution < 1.29 is 18.3 Å². The number of rotatable bonds is 7. The molecule has 1 atom stereocenters. The number of halogens is 4. The fourth-order valence-corrected chi connectivity index (χ4v) is 29.8. The molecule has 6 aromatic carbocycles. The van der Waals surface area contributed by atoms with Crippen LogP contribution in [-0.2, 0) is 35.5 Å². The SMILES string of the molecule is Cl.Cl.[CH2]=[Zr]([C]1=CC(C(C)(C)C)=CC1CC)([c]1ccc(Cl)cc1)([c]1ccc(Cl)cc1)[c]1c2c(cc(C(C)(C)C)c1-c1c(C)cc(C)cc1C)-c1cc(C(C)(C)C)c(-c3c(C)cc(C)cc3C)cc1C2. The second-order valence-electron chi connectivity index (χ2n) is 23.4. The molecule has 68 heavy (non-hydrogen) atoms. The Kier molecular flexibility index (Phi) is 14.9. The number of allylic oxidation sites excluding steroid dienone is 4. The molecule has 358 valence electrons. The van der Waals surface area contributed by atoms with Crippen LogP contribution in [0.15, 0.2) is 112 Å². The molecule has 0 amide bonds. The van der Waals surface area contributed by atoms with Gasteiger partial charge in [0.05, 0.1) is 0 Å². The van der Waals surface area contributed by atoms with Crippen molar-refractivity contribution in [3.63, 3.8) is 0 Å². The van der Waals surface area contributed by atoms with Crippen LogP contribution in [0.3, 0.4) is 0 Å². The van der Waals surface area contributed by atoms with E-state index < -0.39 is 18.3 Å². The summed E-state index contributed by atoms with van der Waals surface area (Å²) in [5, 5.41) is 1.46. The van der Waals surface area contributed by atoms with E-state index >= 15 is 0 Å². The number of aryl methyl sites for hydroxylation is 6. The Morgan fingerprint density at radius 2 is 0.985 bits per heavy atom. The zero-order valence-electron chi connectivity index (χ0n) is 43.6. The second kappa shape index (κ2) is 18.7. The molecular weight excluding hydrogens is 990 g/mol. The molecule has 0 radical (unpaired) electrons. The maximum atomic E-state index is 6.95. The molecule has 2 aliphatic carbocycles. The molecule has 8 rings (SSSR count). The fraction of sp³-hybridized carbons (Fsp3) is 0.349. The third kappa shape index (κ3) is 8.80. The molecule has 6 aromatic rings. The fourth-order valence-electron chi connectivity index (χ4n) is 12.4. The van der Waals surface area contributed by atoms with Crippen molar-refractivity contribution in [2.45, 2.75) is 134 Å². The van der Waals surface area contributed by atoms with Crippen molar-refractivity contribution in [1.29, 1.82) is 0 Å². The predicted octanol–water partition coefficient (Wildman–Crippen LogP) is 17.5. The third-order valence-corrected chi connectivity index (χ3v) is 32.2. The van der Waals surface area contributed by atoms with E-state index in [2.05, 4.69) is 214 Å². The van der Waals surface area contributed by atoms with Crippen LogP contribution >= 0.6 is 48.0 Å². The summed E-state index contributed by atoms with van der Waals surface area (Å²) in [7, 11) is 0. The quantitative estimate of drug-likeness (QED) is 0.149. The van der Waals surface area contributed by atoms with Crippen LogP contribution in [-0.4, -0.2) is 4.21 Å². The molecule has 5 heteroatoms. The minimum atomic E-state index is -5.64. The van der Waals surface area contributed by atoms with Crippen LogP contribution in [0.25, 0.3) is 33.4 Å². The van der Waals surface area contributed by atoms with Gasteiger partial charge in [-0.05, 0) is 0 Å². The van der Waals surface area contributed by atoms with Crippen molar-refractivity contribution in [2.75, 3.05) is 0 Å². The Hall–Kier alpha value is -3.29.